The van der Waals surface area contributed by atoms with Crippen molar-refractivity contribution in [2.24, 2.45) is 0 Å². The Hall–Kier alpha value is -2.05. The average Bonchev–Trinajstić information content (AvgIpc) is 2.96. The van der Waals surface area contributed by atoms with E-state index >= 15 is 0 Å². The van der Waals surface area contributed by atoms with E-state index in [4.69, 9.17) is 5.73 Å². The summed E-state index contributed by atoms with van der Waals surface area (Å²) >= 11 is 0. The van der Waals surface area contributed by atoms with Gasteiger partial charge in [-0.25, -0.2) is 0 Å². The summed E-state index contributed by atoms with van der Waals surface area (Å²) in [6, 6.07) is -0.338. The van der Waals surface area contributed by atoms with Crippen molar-refractivity contribution in [2.75, 3.05) is 26.4 Å². The van der Waals surface area contributed by atoms with Gasteiger partial charge in [0.15, 0.2) is 0 Å². The molecule has 0 radical (unpaired) electrons. The molecule has 1 saturated heterocycles. The molecule has 1 aromatic rings. The average molecular weight is 265 g/mol. The third-order valence-corrected chi connectivity index (χ3v) is 3.25. The first-order valence-electron chi connectivity index (χ1n) is 6.27. The zero-order valence-corrected chi connectivity index (χ0v) is 11.2. The number of rotatable bonds is 3. The van der Waals surface area contributed by atoms with Crippen LogP contribution in [0.2, 0.25) is 0 Å². The van der Waals surface area contributed by atoms with Gasteiger partial charge in [0.1, 0.15) is 12.6 Å². The number of likely N-dealkylation sites (tertiary alicyclic amines) is 1. The van der Waals surface area contributed by atoms with E-state index in [-0.39, 0.29) is 24.4 Å². The van der Waals surface area contributed by atoms with Gasteiger partial charge in [0.2, 0.25) is 11.8 Å². The van der Waals surface area contributed by atoms with E-state index < -0.39 is 0 Å². The van der Waals surface area contributed by atoms with E-state index in [1.165, 1.54) is 15.8 Å². The van der Waals surface area contributed by atoms with Gasteiger partial charge in [-0.1, -0.05) is 0 Å². The van der Waals surface area contributed by atoms with Crippen LogP contribution in [0.4, 0.5) is 5.69 Å². The Morgan fingerprint density at radius 3 is 2.84 bits per heavy atom. The van der Waals surface area contributed by atoms with Crippen LogP contribution < -0.4 is 5.73 Å². The van der Waals surface area contributed by atoms with Crippen molar-refractivity contribution in [2.45, 2.75) is 25.4 Å². The van der Waals surface area contributed by atoms with Crippen LogP contribution in [0.25, 0.3) is 0 Å². The summed E-state index contributed by atoms with van der Waals surface area (Å²) in [5.41, 5.74) is 6.08. The SMILES string of the molecule is CN(C)C(=O)C1CCCN1C(=O)Cn1cc(N)cn1. The quantitative estimate of drug-likeness (QED) is 0.802. The molecule has 0 spiro atoms. The molecule has 7 heteroatoms. The lowest BCUT2D eigenvalue weighted by Gasteiger charge is -2.26. The number of carbonyl (C=O) groups is 2. The van der Waals surface area contributed by atoms with Crippen LogP contribution in [0.1, 0.15) is 12.8 Å². The van der Waals surface area contributed by atoms with Gasteiger partial charge in [-0.15, -0.1) is 0 Å². The Kier molecular flexibility index (Phi) is 3.73. The van der Waals surface area contributed by atoms with Gasteiger partial charge in [-0.3, -0.25) is 14.3 Å². The topological polar surface area (TPSA) is 84.5 Å². The van der Waals surface area contributed by atoms with Crippen molar-refractivity contribution in [3.05, 3.63) is 12.4 Å². The summed E-state index contributed by atoms with van der Waals surface area (Å²) in [4.78, 5) is 27.4. The highest BCUT2D eigenvalue weighted by molar-refractivity contribution is 5.87. The van der Waals surface area contributed by atoms with Crippen molar-refractivity contribution < 1.29 is 9.59 Å². The molecule has 1 aliphatic rings. The van der Waals surface area contributed by atoms with Crippen molar-refractivity contribution in [1.29, 1.82) is 0 Å². The molecule has 2 rings (SSSR count). The summed E-state index contributed by atoms with van der Waals surface area (Å²) in [5.74, 6) is -0.119. The summed E-state index contributed by atoms with van der Waals surface area (Å²) in [7, 11) is 3.41. The number of nitrogen functional groups attached to an aromatic ring is 1. The number of carbonyl (C=O) groups excluding carboxylic acids is 2. The largest absolute Gasteiger partial charge is 0.396 e. The first kappa shape index (κ1) is 13.4. The zero-order valence-electron chi connectivity index (χ0n) is 11.2. The smallest absolute Gasteiger partial charge is 0.244 e. The second-order valence-electron chi connectivity index (χ2n) is 4.95. The summed E-state index contributed by atoms with van der Waals surface area (Å²) in [6.45, 7) is 0.744. The molecule has 2 N–H and O–H groups in total. The van der Waals surface area contributed by atoms with Gasteiger partial charge in [0, 0.05) is 26.8 Å². The molecule has 1 atom stereocenters. The van der Waals surface area contributed by atoms with E-state index in [1.54, 1.807) is 25.2 Å². The lowest BCUT2D eigenvalue weighted by molar-refractivity contribution is -0.142. The van der Waals surface area contributed by atoms with Gasteiger partial charge in [-0.05, 0) is 12.8 Å². The van der Waals surface area contributed by atoms with Gasteiger partial charge in [0.25, 0.3) is 0 Å². The molecule has 0 aromatic carbocycles. The second-order valence-corrected chi connectivity index (χ2v) is 4.95. The molecular weight excluding hydrogens is 246 g/mol. The van der Waals surface area contributed by atoms with Crippen molar-refractivity contribution in [3.63, 3.8) is 0 Å². The van der Waals surface area contributed by atoms with Crippen LogP contribution in [0, 0.1) is 0 Å². The van der Waals surface area contributed by atoms with Crippen LogP contribution in [-0.4, -0.2) is 58.1 Å². The Bertz CT molecular complexity index is 482. The lowest BCUT2D eigenvalue weighted by atomic mass is 10.2. The number of amides is 2. The maximum atomic E-state index is 12.2. The fourth-order valence-electron chi connectivity index (χ4n) is 2.32. The second kappa shape index (κ2) is 5.29. The monoisotopic (exact) mass is 265 g/mol. The molecule has 2 heterocycles. The van der Waals surface area contributed by atoms with Crippen LogP contribution in [0.15, 0.2) is 12.4 Å². The first-order valence-corrected chi connectivity index (χ1v) is 6.27. The molecule has 0 bridgehead atoms. The minimum Gasteiger partial charge on any atom is -0.396 e. The number of hydrogen-bond acceptors (Lipinski definition) is 4. The number of hydrogen-bond donors (Lipinski definition) is 1. The van der Waals surface area contributed by atoms with Crippen LogP contribution in [0.5, 0.6) is 0 Å². The van der Waals surface area contributed by atoms with E-state index in [9.17, 15) is 9.59 Å². The molecule has 1 aliphatic heterocycles. The highest BCUT2D eigenvalue weighted by Crippen LogP contribution is 2.19. The number of aromatic nitrogens is 2. The molecule has 19 heavy (non-hydrogen) atoms. The van der Waals surface area contributed by atoms with Gasteiger partial charge in [0.05, 0.1) is 11.9 Å². The lowest BCUT2D eigenvalue weighted by Crippen LogP contribution is -2.46. The molecule has 0 aliphatic carbocycles. The van der Waals surface area contributed by atoms with E-state index in [1.807, 2.05) is 0 Å². The number of likely N-dealkylation sites (N-methyl/N-ethyl adjacent to an activating group) is 1. The molecule has 2 amide bonds. The van der Waals surface area contributed by atoms with E-state index in [0.29, 0.717) is 12.2 Å². The summed E-state index contributed by atoms with van der Waals surface area (Å²) in [5, 5.41) is 3.98. The zero-order chi connectivity index (χ0) is 14.0. The number of nitrogens with zero attached hydrogens (tertiary/aromatic N) is 4. The molecule has 1 unspecified atom stereocenters. The van der Waals surface area contributed by atoms with Crippen LogP contribution >= 0.6 is 0 Å². The molecule has 104 valence electrons. The minimum atomic E-state index is -0.338. The summed E-state index contributed by atoms with van der Waals surface area (Å²) < 4.78 is 1.49. The van der Waals surface area contributed by atoms with Gasteiger partial charge < -0.3 is 15.5 Å². The highest BCUT2D eigenvalue weighted by atomic mass is 16.2. The maximum absolute atomic E-state index is 12.2. The van der Waals surface area contributed by atoms with E-state index in [0.717, 1.165) is 12.8 Å². The standard InChI is InChI=1S/C12H19N5O2/c1-15(2)12(19)10-4-3-5-17(10)11(18)8-16-7-9(13)6-14-16/h6-7,10H,3-5,8,13H2,1-2H3. The molecule has 7 nitrogen and oxygen atoms in total. The Balaban J connectivity index is 2.03. The normalized spacial score (nSPS) is 18.6. The predicted octanol–water partition coefficient (Wildman–Crippen LogP) is -0.455. The Labute approximate surface area is 111 Å². The first-order chi connectivity index (χ1) is 8.99. The third-order valence-electron chi connectivity index (χ3n) is 3.25. The van der Waals surface area contributed by atoms with Crippen molar-refractivity contribution in [1.82, 2.24) is 19.6 Å². The predicted molar refractivity (Wildman–Crippen MR) is 70.1 cm³/mol. The Morgan fingerprint density at radius 2 is 2.26 bits per heavy atom. The fourth-order valence-corrected chi connectivity index (χ4v) is 2.32. The van der Waals surface area contributed by atoms with E-state index in [2.05, 4.69) is 5.10 Å². The van der Waals surface area contributed by atoms with Crippen molar-refractivity contribution in [3.8, 4) is 0 Å². The van der Waals surface area contributed by atoms with Crippen LogP contribution in [0.3, 0.4) is 0 Å². The van der Waals surface area contributed by atoms with Crippen LogP contribution in [-0.2, 0) is 16.1 Å². The van der Waals surface area contributed by atoms with Crippen molar-refractivity contribution >= 4 is 17.5 Å². The Morgan fingerprint density at radius 1 is 1.53 bits per heavy atom. The third kappa shape index (κ3) is 2.86. The van der Waals surface area contributed by atoms with Gasteiger partial charge >= 0.3 is 0 Å². The summed E-state index contributed by atoms with van der Waals surface area (Å²) in [6.07, 6.45) is 4.69. The molecule has 0 saturated carbocycles. The fraction of sp³-hybridized carbons (Fsp3) is 0.583. The minimum absolute atomic E-state index is 0.0224. The molecular formula is C12H19N5O2. The van der Waals surface area contributed by atoms with Gasteiger partial charge in [-0.2, -0.15) is 5.10 Å². The number of anilines is 1. The molecule has 1 fully saturated rings. The number of nitrogens with two attached hydrogens (primary N) is 1. The molecule has 1 aromatic heterocycles. The maximum Gasteiger partial charge on any atom is 0.244 e. The highest BCUT2D eigenvalue weighted by Gasteiger charge is 2.34.